The van der Waals surface area contributed by atoms with Crippen molar-refractivity contribution in [2.24, 2.45) is 0 Å². The summed E-state index contributed by atoms with van der Waals surface area (Å²) in [6, 6.07) is 16.4. The summed E-state index contributed by atoms with van der Waals surface area (Å²) in [5.41, 5.74) is 6.43. The predicted molar refractivity (Wildman–Crippen MR) is 129 cm³/mol. The minimum atomic E-state index is 0.685. The van der Waals surface area contributed by atoms with Gasteiger partial charge in [-0.3, -0.25) is 0 Å². The van der Waals surface area contributed by atoms with E-state index in [9.17, 15) is 0 Å². The molecule has 0 bridgehead atoms. The fourth-order valence-electron chi connectivity index (χ4n) is 4.87. The van der Waals surface area contributed by atoms with E-state index in [1.165, 1.54) is 43.5 Å². The van der Waals surface area contributed by atoms with Crippen LogP contribution in [0.15, 0.2) is 48.5 Å². The maximum Gasteiger partial charge on any atom is 0.187 e. The van der Waals surface area contributed by atoms with E-state index in [0.717, 1.165) is 60.8 Å². The fraction of sp³-hybridized carbons (Fsp3) is 0.370. The SMILES string of the molecule is [C-]#[N+]c1ccc2c(c1)Cc1nc(Cc3ccccc3)nc(NCCCN3CCCCC3)c1-2. The minimum Gasteiger partial charge on any atom is -0.369 e. The molecule has 0 amide bonds. The number of hydrogen-bond donors (Lipinski definition) is 1. The Morgan fingerprint density at radius 1 is 1.00 bits per heavy atom. The number of piperidine rings is 1. The number of anilines is 1. The Kier molecular flexibility index (Phi) is 6.13. The molecule has 32 heavy (non-hydrogen) atoms. The predicted octanol–water partition coefficient (Wildman–Crippen LogP) is 5.48. The van der Waals surface area contributed by atoms with E-state index in [1.54, 1.807) is 0 Å². The van der Waals surface area contributed by atoms with Gasteiger partial charge in [0.15, 0.2) is 5.69 Å². The summed E-state index contributed by atoms with van der Waals surface area (Å²) in [6.07, 6.45) is 6.64. The van der Waals surface area contributed by atoms with Crippen molar-refractivity contribution >= 4 is 11.5 Å². The molecule has 2 aromatic carbocycles. The largest absolute Gasteiger partial charge is 0.369 e. The van der Waals surface area contributed by atoms with Crippen LogP contribution >= 0.6 is 0 Å². The summed E-state index contributed by atoms with van der Waals surface area (Å²) in [4.78, 5) is 16.1. The van der Waals surface area contributed by atoms with Gasteiger partial charge in [-0.25, -0.2) is 14.8 Å². The molecule has 3 aromatic rings. The minimum absolute atomic E-state index is 0.685. The molecule has 2 aliphatic rings. The molecule has 5 nitrogen and oxygen atoms in total. The first-order chi connectivity index (χ1) is 15.8. The van der Waals surface area contributed by atoms with Crippen molar-refractivity contribution in [3.63, 3.8) is 0 Å². The number of benzene rings is 2. The second-order valence-corrected chi connectivity index (χ2v) is 8.79. The van der Waals surface area contributed by atoms with E-state index in [-0.39, 0.29) is 0 Å². The van der Waals surface area contributed by atoms with Crippen molar-refractivity contribution < 1.29 is 0 Å². The summed E-state index contributed by atoms with van der Waals surface area (Å²) in [5.74, 6) is 1.79. The Bertz CT molecular complexity index is 1130. The molecule has 1 N–H and O–H groups in total. The number of nitrogens with one attached hydrogen (secondary N) is 1. The van der Waals surface area contributed by atoms with Crippen molar-refractivity contribution in [3.05, 3.63) is 82.6 Å². The highest BCUT2D eigenvalue weighted by atomic mass is 15.1. The summed E-state index contributed by atoms with van der Waals surface area (Å²) < 4.78 is 0. The van der Waals surface area contributed by atoms with Gasteiger partial charge in [0.1, 0.15) is 11.6 Å². The van der Waals surface area contributed by atoms with Gasteiger partial charge in [0, 0.05) is 24.9 Å². The maximum absolute atomic E-state index is 7.35. The van der Waals surface area contributed by atoms with Crippen LogP contribution in [-0.4, -0.2) is 41.0 Å². The number of rotatable bonds is 7. The highest BCUT2D eigenvalue weighted by molar-refractivity contribution is 5.85. The quantitative estimate of drug-likeness (QED) is 0.316. The van der Waals surface area contributed by atoms with Crippen LogP contribution in [0.2, 0.25) is 0 Å². The Labute approximate surface area is 190 Å². The molecule has 162 valence electrons. The van der Waals surface area contributed by atoms with Gasteiger partial charge < -0.3 is 10.2 Å². The van der Waals surface area contributed by atoms with Gasteiger partial charge in [-0.05, 0) is 55.6 Å². The Morgan fingerprint density at radius 3 is 2.66 bits per heavy atom. The van der Waals surface area contributed by atoms with Gasteiger partial charge in [-0.1, -0.05) is 55.0 Å². The van der Waals surface area contributed by atoms with E-state index in [2.05, 4.69) is 45.4 Å². The van der Waals surface area contributed by atoms with E-state index in [1.807, 2.05) is 18.2 Å². The molecular formula is C27H29N5. The van der Waals surface area contributed by atoms with Gasteiger partial charge in [0.25, 0.3) is 0 Å². The molecule has 0 unspecified atom stereocenters. The average molecular weight is 424 g/mol. The third-order valence-corrected chi connectivity index (χ3v) is 6.47. The van der Waals surface area contributed by atoms with Gasteiger partial charge in [-0.15, -0.1) is 0 Å². The Balaban J connectivity index is 1.38. The van der Waals surface area contributed by atoms with Crippen LogP contribution in [0.1, 0.15) is 48.3 Å². The van der Waals surface area contributed by atoms with E-state index in [0.29, 0.717) is 5.69 Å². The molecule has 1 aliphatic carbocycles. The lowest BCUT2D eigenvalue weighted by Gasteiger charge is -2.26. The molecule has 1 fully saturated rings. The first kappa shape index (κ1) is 20.7. The van der Waals surface area contributed by atoms with Crippen LogP contribution in [0.3, 0.4) is 0 Å². The van der Waals surface area contributed by atoms with Gasteiger partial charge in [-0.2, -0.15) is 0 Å². The standard InChI is InChI=1S/C27H29N5/c1-28-22-11-12-23-21(18-22)19-24-26(23)27(29-13-8-16-32-14-6-3-7-15-32)31-25(30-24)17-20-9-4-2-5-10-20/h2,4-5,9-12,18H,3,6-8,13-17,19H2,(H,29,30,31). The molecule has 5 heteroatoms. The Hall–Kier alpha value is -3.23. The van der Waals surface area contributed by atoms with Crippen LogP contribution < -0.4 is 5.32 Å². The van der Waals surface area contributed by atoms with Crippen molar-refractivity contribution in [2.75, 3.05) is 31.5 Å². The number of hydrogen-bond acceptors (Lipinski definition) is 4. The second-order valence-electron chi connectivity index (χ2n) is 8.79. The molecule has 0 spiro atoms. The molecule has 0 radical (unpaired) electrons. The summed E-state index contributed by atoms with van der Waals surface area (Å²) in [7, 11) is 0. The van der Waals surface area contributed by atoms with Crippen LogP contribution in [-0.2, 0) is 12.8 Å². The smallest absolute Gasteiger partial charge is 0.187 e. The molecule has 0 saturated carbocycles. The second kappa shape index (κ2) is 9.50. The molecule has 2 heterocycles. The van der Waals surface area contributed by atoms with Crippen LogP contribution in [0.4, 0.5) is 11.5 Å². The monoisotopic (exact) mass is 423 g/mol. The van der Waals surface area contributed by atoms with Crippen LogP contribution in [0.25, 0.3) is 16.0 Å². The van der Waals surface area contributed by atoms with Gasteiger partial charge >= 0.3 is 0 Å². The first-order valence-electron chi connectivity index (χ1n) is 11.7. The molecule has 1 saturated heterocycles. The zero-order chi connectivity index (χ0) is 21.8. The van der Waals surface area contributed by atoms with Gasteiger partial charge in [0.2, 0.25) is 0 Å². The molecule has 5 rings (SSSR count). The van der Waals surface area contributed by atoms with Crippen LogP contribution in [0.5, 0.6) is 0 Å². The topological polar surface area (TPSA) is 45.4 Å². The van der Waals surface area contributed by atoms with Crippen molar-refractivity contribution in [1.29, 1.82) is 0 Å². The third-order valence-electron chi connectivity index (χ3n) is 6.47. The average Bonchev–Trinajstić information content (AvgIpc) is 3.20. The fourth-order valence-corrected chi connectivity index (χ4v) is 4.87. The number of aromatic nitrogens is 2. The highest BCUT2D eigenvalue weighted by Gasteiger charge is 2.25. The summed E-state index contributed by atoms with van der Waals surface area (Å²) in [5, 5.41) is 3.64. The lowest BCUT2D eigenvalue weighted by molar-refractivity contribution is 0.228. The first-order valence-corrected chi connectivity index (χ1v) is 11.7. The summed E-state index contributed by atoms with van der Waals surface area (Å²) in [6.45, 7) is 11.9. The number of nitrogens with zero attached hydrogens (tertiary/aromatic N) is 4. The van der Waals surface area contributed by atoms with Crippen molar-refractivity contribution in [2.45, 2.75) is 38.5 Å². The van der Waals surface area contributed by atoms with E-state index >= 15 is 0 Å². The molecule has 1 aliphatic heterocycles. The van der Waals surface area contributed by atoms with E-state index in [4.69, 9.17) is 16.5 Å². The normalized spacial score (nSPS) is 15.1. The van der Waals surface area contributed by atoms with Crippen molar-refractivity contribution in [3.8, 4) is 11.1 Å². The zero-order valence-corrected chi connectivity index (χ0v) is 18.5. The molecule has 0 atom stereocenters. The maximum atomic E-state index is 7.35. The van der Waals surface area contributed by atoms with E-state index < -0.39 is 0 Å². The zero-order valence-electron chi connectivity index (χ0n) is 18.5. The Morgan fingerprint density at radius 2 is 1.84 bits per heavy atom. The lowest BCUT2D eigenvalue weighted by Crippen LogP contribution is -2.31. The van der Waals surface area contributed by atoms with Crippen molar-refractivity contribution in [1.82, 2.24) is 14.9 Å². The summed E-state index contributed by atoms with van der Waals surface area (Å²) >= 11 is 0. The van der Waals surface area contributed by atoms with Crippen LogP contribution in [0, 0.1) is 6.57 Å². The molecular weight excluding hydrogens is 394 g/mol. The highest BCUT2D eigenvalue weighted by Crippen LogP contribution is 2.41. The lowest BCUT2D eigenvalue weighted by atomic mass is 10.1. The number of fused-ring (bicyclic) bond motifs is 3. The third kappa shape index (κ3) is 4.51. The van der Waals surface area contributed by atoms with Gasteiger partial charge in [0.05, 0.1) is 12.3 Å². The molecule has 1 aromatic heterocycles. The number of likely N-dealkylation sites (tertiary alicyclic amines) is 1.